The average Bonchev–Trinajstić information content (AvgIpc) is 2.27. The molecule has 2 heteroatoms. The van der Waals surface area contributed by atoms with E-state index >= 15 is 0 Å². The molecular weight excluding hydrogens is 172 g/mol. The van der Waals surface area contributed by atoms with Gasteiger partial charge in [-0.1, -0.05) is 36.4 Å². The summed E-state index contributed by atoms with van der Waals surface area (Å²) < 4.78 is 0. The maximum Gasteiger partial charge on any atom is 0.195 e. The lowest BCUT2D eigenvalue weighted by Gasteiger charge is -1.99. The second-order valence-corrected chi connectivity index (χ2v) is 2.91. The summed E-state index contributed by atoms with van der Waals surface area (Å²) in [6, 6.07) is 11.3. The largest absolute Gasteiger partial charge is 0.250 e. The molecule has 0 atom stereocenters. The van der Waals surface area contributed by atoms with E-state index < -0.39 is 0 Å². The normalized spacial score (nSPS) is 9.29. The minimum atomic E-state index is 0.429. The summed E-state index contributed by atoms with van der Waals surface area (Å²) in [5, 5.41) is 2.01. The van der Waals surface area contributed by atoms with Crippen LogP contribution >= 0.6 is 0 Å². The second kappa shape index (κ2) is 3.20. The van der Waals surface area contributed by atoms with Gasteiger partial charge in [0.25, 0.3) is 0 Å². The molecule has 0 aliphatic heterocycles. The fourth-order valence-corrected chi connectivity index (χ4v) is 1.40. The van der Waals surface area contributed by atoms with Gasteiger partial charge in [0.1, 0.15) is 0 Å². The fourth-order valence-electron chi connectivity index (χ4n) is 1.40. The Morgan fingerprint density at radius 3 is 1.57 bits per heavy atom. The van der Waals surface area contributed by atoms with Gasteiger partial charge in [-0.15, -0.1) is 0 Å². The Hall–Kier alpha value is -2.32. The molecule has 2 aromatic carbocycles. The number of hydrogen-bond donors (Lipinski definition) is 0. The van der Waals surface area contributed by atoms with Gasteiger partial charge in [-0.3, -0.25) is 9.69 Å². The Balaban J connectivity index is 2.85. The molecule has 0 saturated carbocycles. The van der Waals surface area contributed by atoms with E-state index in [1.54, 1.807) is 12.1 Å². The number of nitrogens with zero attached hydrogens (tertiary/aromatic N) is 2. The standard InChI is InChI=1S/C12H6N2/c1-13-11-7-9-5-3-4-6-10(9)8-12(11)14-2/h3-8H. The Labute approximate surface area is 82.0 Å². The first-order valence-corrected chi connectivity index (χ1v) is 4.13. The van der Waals surface area contributed by atoms with Crippen molar-refractivity contribution in [3.05, 3.63) is 59.2 Å². The quantitative estimate of drug-likeness (QED) is 0.540. The van der Waals surface area contributed by atoms with E-state index in [1.165, 1.54) is 0 Å². The topological polar surface area (TPSA) is 8.72 Å². The molecule has 14 heavy (non-hydrogen) atoms. The average molecular weight is 178 g/mol. The minimum absolute atomic E-state index is 0.429. The molecule has 0 aromatic heterocycles. The lowest BCUT2D eigenvalue weighted by molar-refractivity contribution is 1.75. The van der Waals surface area contributed by atoms with E-state index in [9.17, 15) is 0 Å². The van der Waals surface area contributed by atoms with Crippen LogP contribution in [0.5, 0.6) is 0 Å². The SMILES string of the molecule is [C-]#[N+]c1cc2ccccc2cc1[N+]#[C-]. The molecule has 0 unspecified atom stereocenters. The van der Waals surface area contributed by atoms with Crippen molar-refractivity contribution in [2.24, 2.45) is 0 Å². The lowest BCUT2D eigenvalue weighted by atomic mass is 10.1. The van der Waals surface area contributed by atoms with Crippen molar-refractivity contribution in [1.82, 2.24) is 0 Å². The van der Waals surface area contributed by atoms with Gasteiger partial charge in [0, 0.05) is 0 Å². The molecule has 64 valence electrons. The van der Waals surface area contributed by atoms with Gasteiger partial charge in [-0.05, 0) is 10.8 Å². The molecule has 0 fully saturated rings. The molecule has 0 radical (unpaired) electrons. The zero-order valence-electron chi connectivity index (χ0n) is 7.36. The summed E-state index contributed by atoms with van der Waals surface area (Å²) in [5.74, 6) is 0. The van der Waals surface area contributed by atoms with Crippen LogP contribution in [-0.2, 0) is 0 Å². The van der Waals surface area contributed by atoms with Crippen molar-refractivity contribution >= 4 is 22.1 Å². The van der Waals surface area contributed by atoms with Gasteiger partial charge < -0.3 is 0 Å². The highest BCUT2D eigenvalue weighted by Crippen LogP contribution is 2.32. The monoisotopic (exact) mass is 178 g/mol. The molecule has 0 bridgehead atoms. The Morgan fingerprint density at radius 1 is 0.786 bits per heavy atom. The second-order valence-electron chi connectivity index (χ2n) is 2.91. The molecule has 0 aliphatic rings. The van der Waals surface area contributed by atoms with Crippen LogP contribution in [0.25, 0.3) is 20.5 Å². The zero-order valence-corrected chi connectivity index (χ0v) is 7.36. The first-order chi connectivity index (χ1) is 6.85. The molecule has 2 rings (SSSR count). The van der Waals surface area contributed by atoms with E-state index in [1.807, 2.05) is 24.3 Å². The van der Waals surface area contributed by atoms with E-state index in [-0.39, 0.29) is 0 Å². The Morgan fingerprint density at radius 2 is 1.21 bits per heavy atom. The molecule has 0 heterocycles. The maximum atomic E-state index is 6.94. The van der Waals surface area contributed by atoms with Crippen molar-refractivity contribution in [2.45, 2.75) is 0 Å². The summed E-state index contributed by atoms with van der Waals surface area (Å²) in [5.41, 5.74) is 0.859. The van der Waals surface area contributed by atoms with Crippen LogP contribution in [0.15, 0.2) is 36.4 Å². The third kappa shape index (κ3) is 1.20. The predicted molar refractivity (Wildman–Crippen MR) is 56.5 cm³/mol. The van der Waals surface area contributed by atoms with Crippen LogP contribution in [0.2, 0.25) is 0 Å². The first kappa shape index (κ1) is 8.29. The van der Waals surface area contributed by atoms with Crippen molar-refractivity contribution < 1.29 is 0 Å². The van der Waals surface area contributed by atoms with Gasteiger partial charge in [0.15, 0.2) is 11.4 Å². The third-order valence-corrected chi connectivity index (χ3v) is 2.08. The number of fused-ring (bicyclic) bond motifs is 1. The Bertz CT molecular complexity index is 518. The van der Waals surface area contributed by atoms with E-state index in [0.717, 1.165) is 10.8 Å². The third-order valence-electron chi connectivity index (χ3n) is 2.08. The zero-order chi connectivity index (χ0) is 9.97. The fraction of sp³-hybridized carbons (Fsp3) is 0. The summed E-state index contributed by atoms with van der Waals surface area (Å²) in [4.78, 5) is 6.66. The molecule has 0 spiro atoms. The van der Waals surface area contributed by atoms with Gasteiger partial charge in [-0.2, -0.15) is 0 Å². The molecule has 0 aliphatic carbocycles. The summed E-state index contributed by atoms with van der Waals surface area (Å²) in [6.07, 6.45) is 0. The van der Waals surface area contributed by atoms with Crippen LogP contribution in [0.3, 0.4) is 0 Å². The lowest BCUT2D eigenvalue weighted by Crippen LogP contribution is -1.71. The highest BCUT2D eigenvalue weighted by Gasteiger charge is 2.03. The molecule has 0 amide bonds. The number of benzene rings is 2. The minimum Gasteiger partial charge on any atom is -0.250 e. The van der Waals surface area contributed by atoms with E-state index in [4.69, 9.17) is 13.1 Å². The van der Waals surface area contributed by atoms with Crippen molar-refractivity contribution in [3.8, 4) is 0 Å². The predicted octanol–water partition coefficient (Wildman–Crippen LogP) is 3.94. The van der Waals surface area contributed by atoms with Gasteiger partial charge >= 0.3 is 0 Å². The van der Waals surface area contributed by atoms with Crippen LogP contribution in [0, 0.1) is 13.1 Å². The highest BCUT2D eigenvalue weighted by atomic mass is 14.7. The van der Waals surface area contributed by atoms with E-state index in [0.29, 0.717) is 11.4 Å². The molecule has 2 nitrogen and oxygen atoms in total. The maximum absolute atomic E-state index is 6.94. The first-order valence-electron chi connectivity index (χ1n) is 4.13. The molecule has 2 aromatic rings. The van der Waals surface area contributed by atoms with Crippen LogP contribution < -0.4 is 0 Å². The van der Waals surface area contributed by atoms with Crippen LogP contribution in [0.4, 0.5) is 11.4 Å². The van der Waals surface area contributed by atoms with Gasteiger partial charge in [-0.25, -0.2) is 0 Å². The Kier molecular flexibility index (Phi) is 1.89. The van der Waals surface area contributed by atoms with Crippen LogP contribution in [0.1, 0.15) is 0 Å². The van der Waals surface area contributed by atoms with E-state index in [2.05, 4.69) is 9.69 Å². The number of rotatable bonds is 0. The highest BCUT2D eigenvalue weighted by molar-refractivity contribution is 5.92. The van der Waals surface area contributed by atoms with Crippen molar-refractivity contribution in [3.63, 3.8) is 0 Å². The van der Waals surface area contributed by atoms with Crippen molar-refractivity contribution in [2.75, 3.05) is 0 Å². The van der Waals surface area contributed by atoms with Gasteiger partial charge in [0.2, 0.25) is 0 Å². The number of hydrogen-bond acceptors (Lipinski definition) is 0. The smallest absolute Gasteiger partial charge is 0.195 e. The molecule has 0 saturated heterocycles. The summed E-state index contributed by atoms with van der Waals surface area (Å²) >= 11 is 0. The van der Waals surface area contributed by atoms with Crippen LogP contribution in [-0.4, -0.2) is 0 Å². The molecular formula is C12H6N2. The van der Waals surface area contributed by atoms with Crippen molar-refractivity contribution in [1.29, 1.82) is 0 Å². The summed E-state index contributed by atoms with van der Waals surface area (Å²) in [6.45, 7) is 13.9. The van der Waals surface area contributed by atoms with Gasteiger partial charge in [0.05, 0.1) is 13.1 Å². The summed E-state index contributed by atoms with van der Waals surface area (Å²) in [7, 11) is 0. The molecule has 0 N–H and O–H groups in total.